The lowest BCUT2D eigenvalue weighted by Crippen LogP contribution is -2.31. The van der Waals surface area contributed by atoms with Crippen molar-refractivity contribution in [2.45, 2.75) is 70.5 Å². The zero-order valence-electron chi connectivity index (χ0n) is 19.8. The van der Waals surface area contributed by atoms with Crippen LogP contribution in [0, 0.1) is 6.92 Å². The smallest absolute Gasteiger partial charge is 0.329 e. The number of hydrogen-bond acceptors (Lipinski definition) is 5. The van der Waals surface area contributed by atoms with E-state index in [1.54, 1.807) is 10.6 Å². The number of aliphatic hydroxyl groups is 1. The Bertz CT molecular complexity index is 1320. The Morgan fingerprint density at radius 3 is 2.36 bits per heavy atom. The summed E-state index contributed by atoms with van der Waals surface area (Å²) in [6.45, 7) is 10.7. The summed E-state index contributed by atoms with van der Waals surface area (Å²) in [5, 5.41) is 15.9. The fourth-order valence-corrected chi connectivity index (χ4v) is 4.35. The van der Waals surface area contributed by atoms with Crippen molar-refractivity contribution in [2.75, 3.05) is 6.61 Å². The molecule has 0 saturated heterocycles. The van der Waals surface area contributed by atoms with Gasteiger partial charge in [-0.3, -0.25) is 9.13 Å². The largest absolute Gasteiger partial charge is 0.491 e. The van der Waals surface area contributed by atoms with E-state index in [0.29, 0.717) is 23.3 Å². The predicted octanol–water partition coefficient (Wildman–Crippen LogP) is 2.91. The van der Waals surface area contributed by atoms with Gasteiger partial charge in [-0.1, -0.05) is 39.8 Å². The number of nitrogens with two attached hydrogens (primary N) is 1. The molecule has 1 heterocycles. The number of sulfonamides is 1. The van der Waals surface area contributed by atoms with Crippen LogP contribution in [0.15, 0.2) is 46.1 Å². The van der Waals surface area contributed by atoms with Crippen LogP contribution in [0.5, 0.6) is 5.75 Å². The average molecular weight is 476 g/mol. The van der Waals surface area contributed by atoms with Crippen LogP contribution in [-0.2, 0) is 28.5 Å². The van der Waals surface area contributed by atoms with E-state index >= 15 is 0 Å². The van der Waals surface area contributed by atoms with E-state index in [9.17, 15) is 18.3 Å². The quantitative estimate of drug-likeness (QED) is 0.520. The molecule has 0 saturated carbocycles. The Labute approximate surface area is 194 Å². The molecule has 2 aromatic carbocycles. The maximum absolute atomic E-state index is 13.0. The molecule has 180 valence electrons. The SMILES string of the molecule is CCCn1c(=O)n(CC(O)COc2ccc(C(C)(C)C)cc2C)c2cc(S(N)(=O)=O)ccc21. The fourth-order valence-electron chi connectivity index (χ4n) is 3.82. The summed E-state index contributed by atoms with van der Waals surface area (Å²) in [4.78, 5) is 12.9. The van der Waals surface area contributed by atoms with Crippen molar-refractivity contribution in [1.29, 1.82) is 0 Å². The first-order valence-corrected chi connectivity index (χ1v) is 12.6. The molecule has 33 heavy (non-hydrogen) atoms. The van der Waals surface area contributed by atoms with Gasteiger partial charge in [-0.15, -0.1) is 0 Å². The minimum Gasteiger partial charge on any atom is -0.491 e. The number of aromatic nitrogens is 2. The fraction of sp³-hybridized carbons (Fsp3) is 0.458. The van der Waals surface area contributed by atoms with Crippen LogP contribution in [0.2, 0.25) is 0 Å². The summed E-state index contributed by atoms with van der Waals surface area (Å²) in [6.07, 6.45) is -0.255. The van der Waals surface area contributed by atoms with E-state index in [-0.39, 0.29) is 29.2 Å². The van der Waals surface area contributed by atoms with Crippen LogP contribution in [0.1, 0.15) is 45.2 Å². The summed E-state index contributed by atoms with van der Waals surface area (Å²) in [6, 6.07) is 10.3. The van der Waals surface area contributed by atoms with Crippen LogP contribution in [0.25, 0.3) is 11.0 Å². The van der Waals surface area contributed by atoms with Gasteiger partial charge in [0.1, 0.15) is 18.5 Å². The van der Waals surface area contributed by atoms with Crippen LogP contribution in [0.3, 0.4) is 0 Å². The Morgan fingerprint density at radius 2 is 1.79 bits per heavy atom. The molecule has 8 nitrogen and oxygen atoms in total. The van der Waals surface area contributed by atoms with Gasteiger partial charge in [-0.25, -0.2) is 18.4 Å². The molecule has 1 unspecified atom stereocenters. The van der Waals surface area contributed by atoms with Gasteiger partial charge in [0.15, 0.2) is 0 Å². The van der Waals surface area contributed by atoms with Gasteiger partial charge in [0.25, 0.3) is 0 Å². The predicted molar refractivity (Wildman–Crippen MR) is 129 cm³/mol. The molecule has 0 aliphatic heterocycles. The third-order valence-corrected chi connectivity index (χ3v) is 6.54. The Balaban J connectivity index is 1.86. The highest BCUT2D eigenvalue weighted by Crippen LogP contribution is 2.27. The molecule has 1 atom stereocenters. The third kappa shape index (κ3) is 5.48. The topological polar surface area (TPSA) is 117 Å². The molecule has 0 aliphatic rings. The van der Waals surface area contributed by atoms with Crippen LogP contribution < -0.4 is 15.6 Å². The number of aliphatic hydroxyl groups excluding tert-OH is 1. The van der Waals surface area contributed by atoms with E-state index in [4.69, 9.17) is 9.88 Å². The van der Waals surface area contributed by atoms with E-state index in [1.165, 1.54) is 22.3 Å². The zero-order valence-corrected chi connectivity index (χ0v) is 20.6. The summed E-state index contributed by atoms with van der Waals surface area (Å²) in [5.74, 6) is 0.666. The number of benzene rings is 2. The van der Waals surface area contributed by atoms with Gasteiger partial charge < -0.3 is 9.84 Å². The summed E-state index contributed by atoms with van der Waals surface area (Å²) < 4.78 is 32.4. The molecular weight excluding hydrogens is 442 g/mol. The molecular formula is C24H33N3O5S. The molecule has 0 amide bonds. The van der Waals surface area contributed by atoms with Crippen LogP contribution >= 0.6 is 0 Å². The van der Waals surface area contributed by atoms with Crippen molar-refractivity contribution in [3.05, 3.63) is 58.0 Å². The summed E-state index contributed by atoms with van der Waals surface area (Å²) in [5.41, 5.74) is 2.86. The first-order valence-electron chi connectivity index (χ1n) is 11.0. The van der Waals surface area contributed by atoms with Gasteiger partial charge in [-0.2, -0.15) is 0 Å². The minimum atomic E-state index is -3.93. The Hall–Kier alpha value is -2.62. The molecule has 1 aromatic heterocycles. The number of imidazole rings is 1. The third-order valence-electron chi connectivity index (χ3n) is 5.63. The van der Waals surface area contributed by atoms with E-state index in [0.717, 1.165) is 12.0 Å². The second-order valence-electron chi connectivity index (χ2n) is 9.44. The van der Waals surface area contributed by atoms with Crippen LogP contribution in [0.4, 0.5) is 0 Å². The number of aryl methyl sites for hydroxylation is 2. The normalized spacial score (nSPS) is 13.4. The standard InChI is InChI=1S/C24H33N3O5S/c1-6-11-26-20-9-8-19(33(25,30)31)13-21(20)27(23(26)29)14-18(28)15-32-22-10-7-17(12-16(22)2)24(3,4)5/h7-10,12-13,18,28H,6,11,14-15H2,1-5H3,(H2,25,30,31). The van der Waals surface area contributed by atoms with E-state index < -0.39 is 16.1 Å². The Kier molecular flexibility index (Phi) is 7.07. The molecule has 3 N–H and O–H groups in total. The number of nitrogens with zero attached hydrogens (tertiary/aromatic N) is 2. The summed E-state index contributed by atoms with van der Waals surface area (Å²) in [7, 11) is -3.93. The molecule has 0 bridgehead atoms. The second-order valence-corrected chi connectivity index (χ2v) is 11.0. The van der Waals surface area contributed by atoms with E-state index in [2.05, 4.69) is 26.8 Å². The molecule has 3 rings (SSSR count). The first kappa shape index (κ1) is 25.0. The lowest BCUT2D eigenvalue weighted by Gasteiger charge is -2.21. The second kappa shape index (κ2) is 9.32. The monoisotopic (exact) mass is 475 g/mol. The molecule has 9 heteroatoms. The lowest BCUT2D eigenvalue weighted by molar-refractivity contribution is 0.0921. The summed E-state index contributed by atoms with van der Waals surface area (Å²) >= 11 is 0. The van der Waals surface area contributed by atoms with Gasteiger partial charge in [0.2, 0.25) is 10.0 Å². The van der Waals surface area contributed by atoms with Gasteiger partial charge in [-0.05, 0) is 54.2 Å². The van der Waals surface area contributed by atoms with E-state index in [1.807, 2.05) is 26.0 Å². The van der Waals surface area contributed by atoms with Crippen molar-refractivity contribution in [1.82, 2.24) is 9.13 Å². The van der Waals surface area contributed by atoms with Crippen molar-refractivity contribution in [3.63, 3.8) is 0 Å². The minimum absolute atomic E-state index is 0.0164. The average Bonchev–Trinajstić information content (AvgIpc) is 2.97. The highest BCUT2D eigenvalue weighted by atomic mass is 32.2. The van der Waals surface area contributed by atoms with Crippen molar-refractivity contribution >= 4 is 21.1 Å². The molecule has 0 aliphatic carbocycles. The number of primary sulfonamides is 1. The maximum atomic E-state index is 13.0. The molecule has 3 aromatic rings. The maximum Gasteiger partial charge on any atom is 0.329 e. The van der Waals surface area contributed by atoms with Gasteiger partial charge >= 0.3 is 5.69 Å². The van der Waals surface area contributed by atoms with Crippen LogP contribution in [-0.4, -0.2) is 35.4 Å². The Morgan fingerprint density at radius 1 is 1.09 bits per heavy atom. The number of rotatable bonds is 8. The zero-order chi connectivity index (χ0) is 24.6. The molecule has 0 radical (unpaired) electrons. The first-order chi connectivity index (χ1) is 15.3. The van der Waals surface area contributed by atoms with Gasteiger partial charge in [0, 0.05) is 6.54 Å². The van der Waals surface area contributed by atoms with Gasteiger partial charge in [0.05, 0.1) is 22.5 Å². The highest BCUT2D eigenvalue weighted by Gasteiger charge is 2.20. The number of fused-ring (bicyclic) bond motifs is 1. The molecule has 0 fully saturated rings. The van der Waals surface area contributed by atoms with Crippen molar-refractivity contribution < 1.29 is 18.3 Å². The number of ether oxygens (including phenoxy) is 1. The van der Waals surface area contributed by atoms with Crippen molar-refractivity contribution in [2.24, 2.45) is 5.14 Å². The van der Waals surface area contributed by atoms with Crippen molar-refractivity contribution in [3.8, 4) is 5.75 Å². The number of hydrogen-bond donors (Lipinski definition) is 2. The lowest BCUT2D eigenvalue weighted by atomic mass is 9.86. The highest BCUT2D eigenvalue weighted by molar-refractivity contribution is 7.89. The molecule has 0 spiro atoms.